The van der Waals surface area contributed by atoms with E-state index >= 15 is 0 Å². The highest BCUT2D eigenvalue weighted by Crippen LogP contribution is 2.25. The predicted molar refractivity (Wildman–Crippen MR) is 80.6 cm³/mol. The van der Waals surface area contributed by atoms with Gasteiger partial charge in [0.05, 0.1) is 6.10 Å². The molecule has 2 unspecified atom stereocenters. The van der Waals surface area contributed by atoms with Crippen LogP contribution in [-0.2, 0) is 11.3 Å². The van der Waals surface area contributed by atoms with Crippen molar-refractivity contribution in [2.75, 3.05) is 31.6 Å². The smallest absolute Gasteiger partial charge is 0.0772 e. The van der Waals surface area contributed by atoms with E-state index in [1.54, 1.807) is 0 Å². The lowest BCUT2D eigenvalue weighted by atomic mass is 9.95. The minimum atomic E-state index is 0.357. The van der Waals surface area contributed by atoms with Crippen LogP contribution in [0, 0.1) is 5.92 Å². The molecule has 3 heteroatoms. The summed E-state index contributed by atoms with van der Waals surface area (Å²) in [5, 5.41) is 3.35. The number of nitrogens with zero attached hydrogens (tertiary/aromatic N) is 1. The Morgan fingerprint density at radius 1 is 1.32 bits per heavy atom. The zero-order valence-corrected chi connectivity index (χ0v) is 12.4. The molecule has 1 aliphatic rings. The number of ether oxygens (including phenoxy) is 1. The Kier molecular flexibility index (Phi) is 5.23. The van der Waals surface area contributed by atoms with Crippen molar-refractivity contribution in [1.29, 1.82) is 0 Å². The van der Waals surface area contributed by atoms with Crippen molar-refractivity contribution in [3.05, 3.63) is 29.8 Å². The topological polar surface area (TPSA) is 24.5 Å². The molecule has 106 valence electrons. The SMILES string of the molecule is CCNCc1ccc(N2CCC(C)C(OC)C2)cc1. The zero-order chi connectivity index (χ0) is 13.7. The van der Waals surface area contributed by atoms with E-state index in [0.29, 0.717) is 12.0 Å². The molecule has 1 aliphatic heterocycles. The van der Waals surface area contributed by atoms with Crippen molar-refractivity contribution in [1.82, 2.24) is 5.32 Å². The van der Waals surface area contributed by atoms with E-state index in [1.165, 1.54) is 17.7 Å². The number of anilines is 1. The lowest BCUT2D eigenvalue weighted by molar-refractivity contribution is 0.0498. The van der Waals surface area contributed by atoms with Gasteiger partial charge in [0.25, 0.3) is 0 Å². The van der Waals surface area contributed by atoms with E-state index in [9.17, 15) is 0 Å². The van der Waals surface area contributed by atoms with Gasteiger partial charge in [0.15, 0.2) is 0 Å². The van der Waals surface area contributed by atoms with Gasteiger partial charge in [0, 0.05) is 32.4 Å². The molecule has 1 aromatic rings. The summed E-state index contributed by atoms with van der Waals surface area (Å²) in [7, 11) is 1.82. The van der Waals surface area contributed by atoms with Gasteiger partial charge in [0.1, 0.15) is 0 Å². The van der Waals surface area contributed by atoms with Gasteiger partial charge in [-0.2, -0.15) is 0 Å². The normalized spacial score (nSPS) is 23.6. The Balaban J connectivity index is 1.98. The molecule has 0 radical (unpaired) electrons. The first-order valence-corrected chi connectivity index (χ1v) is 7.32. The first kappa shape index (κ1) is 14.4. The molecule has 0 spiro atoms. The third-order valence-corrected chi connectivity index (χ3v) is 4.07. The van der Waals surface area contributed by atoms with E-state index in [0.717, 1.165) is 26.2 Å². The third-order valence-electron chi connectivity index (χ3n) is 4.07. The van der Waals surface area contributed by atoms with Crippen molar-refractivity contribution < 1.29 is 4.74 Å². The van der Waals surface area contributed by atoms with Crippen LogP contribution < -0.4 is 10.2 Å². The lowest BCUT2D eigenvalue weighted by Crippen LogP contribution is -2.43. The van der Waals surface area contributed by atoms with E-state index in [-0.39, 0.29) is 0 Å². The molecule has 2 rings (SSSR count). The first-order chi connectivity index (χ1) is 9.24. The van der Waals surface area contributed by atoms with Gasteiger partial charge in [-0.15, -0.1) is 0 Å². The minimum absolute atomic E-state index is 0.357. The maximum absolute atomic E-state index is 5.58. The summed E-state index contributed by atoms with van der Waals surface area (Å²) in [5.74, 6) is 0.661. The Morgan fingerprint density at radius 2 is 2.05 bits per heavy atom. The number of piperidine rings is 1. The highest BCUT2D eigenvalue weighted by molar-refractivity contribution is 5.48. The van der Waals surface area contributed by atoms with Gasteiger partial charge in [0.2, 0.25) is 0 Å². The molecular weight excluding hydrogens is 236 g/mol. The first-order valence-electron chi connectivity index (χ1n) is 7.32. The Hall–Kier alpha value is -1.06. The fourth-order valence-electron chi connectivity index (χ4n) is 2.67. The van der Waals surface area contributed by atoms with Gasteiger partial charge in [-0.3, -0.25) is 0 Å². The molecule has 1 N–H and O–H groups in total. The van der Waals surface area contributed by atoms with Crippen molar-refractivity contribution in [3.63, 3.8) is 0 Å². The minimum Gasteiger partial charge on any atom is -0.379 e. The molecule has 1 saturated heterocycles. The number of hydrogen-bond acceptors (Lipinski definition) is 3. The summed E-state index contributed by atoms with van der Waals surface area (Å²) < 4.78 is 5.58. The number of rotatable bonds is 5. The van der Waals surface area contributed by atoms with E-state index in [4.69, 9.17) is 4.74 Å². The monoisotopic (exact) mass is 262 g/mol. The van der Waals surface area contributed by atoms with Gasteiger partial charge < -0.3 is 15.0 Å². The fourth-order valence-corrected chi connectivity index (χ4v) is 2.67. The molecule has 0 amide bonds. The number of nitrogens with one attached hydrogen (secondary N) is 1. The molecule has 19 heavy (non-hydrogen) atoms. The summed E-state index contributed by atoms with van der Waals surface area (Å²) in [6, 6.07) is 8.90. The van der Waals surface area contributed by atoms with Crippen molar-refractivity contribution >= 4 is 5.69 Å². The molecule has 0 aliphatic carbocycles. The number of hydrogen-bond donors (Lipinski definition) is 1. The second-order valence-corrected chi connectivity index (χ2v) is 5.43. The molecule has 3 nitrogen and oxygen atoms in total. The number of methoxy groups -OCH3 is 1. The van der Waals surface area contributed by atoms with Crippen LogP contribution in [0.3, 0.4) is 0 Å². The average Bonchev–Trinajstić information content (AvgIpc) is 2.46. The zero-order valence-electron chi connectivity index (χ0n) is 12.4. The Bertz CT molecular complexity index is 377. The van der Waals surface area contributed by atoms with E-state index in [2.05, 4.69) is 48.3 Å². The second-order valence-electron chi connectivity index (χ2n) is 5.43. The van der Waals surface area contributed by atoms with Crippen LogP contribution >= 0.6 is 0 Å². The molecule has 0 saturated carbocycles. The van der Waals surface area contributed by atoms with Crippen molar-refractivity contribution in [2.24, 2.45) is 5.92 Å². The molecule has 1 heterocycles. The summed E-state index contributed by atoms with van der Waals surface area (Å²) >= 11 is 0. The number of benzene rings is 1. The van der Waals surface area contributed by atoms with Gasteiger partial charge in [-0.05, 0) is 36.6 Å². The van der Waals surface area contributed by atoms with Crippen LogP contribution in [0.2, 0.25) is 0 Å². The summed E-state index contributed by atoms with van der Waals surface area (Å²) in [5.41, 5.74) is 2.66. The molecular formula is C16H26N2O. The van der Waals surface area contributed by atoms with Crippen molar-refractivity contribution in [2.45, 2.75) is 32.9 Å². The van der Waals surface area contributed by atoms with Gasteiger partial charge >= 0.3 is 0 Å². The standard InChI is InChI=1S/C16H26N2O/c1-4-17-11-14-5-7-15(8-6-14)18-10-9-13(2)16(12-18)19-3/h5-8,13,16-17H,4,9-12H2,1-3H3. The van der Waals surface area contributed by atoms with Crippen LogP contribution in [0.25, 0.3) is 0 Å². The molecule has 2 atom stereocenters. The average molecular weight is 262 g/mol. The van der Waals surface area contributed by atoms with Crippen LogP contribution in [-0.4, -0.2) is 32.8 Å². The summed E-state index contributed by atoms with van der Waals surface area (Å²) in [6.07, 6.45) is 1.56. The lowest BCUT2D eigenvalue weighted by Gasteiger charge is -2.37. The molecule has 1 fully saturated rings. The Morgan fingerprint density at radius 3 is 2.68 bits per heavy atom. The predicted octanol–water partition coefficient (Wildman–Crippen LogP) is 2.66. The summed E-state index contributed by atoms with van der Waals surface area (Å²) in [4.78, 5) is 2.44. The van der Waals surface area contributed by atoms with E-state index in [1.807, 2.05) is 7.11 Å². The van der Waals surface area contributed by atoms with Gasteiger partial charge in [-0.25, -0.2) is 0 Å². The fraction of sp³-hybridized carbons (Fsp3) is 0.625. The van der Waals surface area contributed by atoms with E-state index < -0.39 is 0 Å². The van der Waals surface area contributed by atoms with Crippen LogP contribution in [0.5, 0.6) is 0 Å². The van der Waals surface area contributed by atoms with Crippen LogP contribution in [0.15, 0.2) is 24.3 Å². The molecule has 0 aromatic heterocycles. The quantitative estimate of drug-likeness (QED) is 0.883. The van der Waals surface area contributed by atoms with Crippen LogP contribution in [0.1, 0.15) is 25.8 Å². The second kappa shape index (κ2) is 6.92. The highest BCUT2D eigenvalue weighted by Gasteiger charge is 2.25. The Labute approximate surface area is 116 Å². The molecule has 0 bridgehead atoms. The third kappa shape index (κ3) is 3.71. The maximum Gasteiger partial charge on any atom is 0.0772 e. The highest BCUT2D eigenvalue weighted by atomic mass is 16.5. The van der Waals surface area contributed by atoms with Gasteiger partial charge in [-0.1, -0.05) is 26.0 Å². The maximum atomic E-state index is 5.58. The molecule has 1 aromatic carbocycles. The summed E-state index contributed by atoms with van der Waals surface area (Å²) in [6.45, 7) is 8.52. The van der Waals surface area contributed by atoms with Crippen molar-refractivity contribution in [3.8, 4) is 0 Å². The largest absolute Gasteiger partial charge is 0.379 e. The van der Waals surface area contributed by atoms with Crippen LogP contribution in [0.4, 0.5) is 5.69 Å².